The molecule has 0 aliphatic heterocycles. The number of aromatic nitrogens is 1. The highest BCUT2D eigenvalue weighted by molar-refractivity contribution is 9.10. The predicted molar refractivity (Wildman–Crippen MR) is 73.9 cm³/mol. The molecule has 0 spiro atoms. The average Bonchev–Trinajstić information content (AvgIpc) is 2.39. The number of nitrogens with one attached hydrogen (secondary N) is 1. The maximum atomic E-state index is 9.80. The van der Waals surface area contributed by atoms with Gasteiger partial charge in [0.25, 0.3) is 0 Å². The van der Waals surface area contributed by atoms with Crippen LogP contribution in [0.5, 0.6) is 11.5 Å². The highest BCUT2D eigenvalue weighted by atomic mass is 79.9. The summed E-state index contributed by atoms with van der Waals surface area (Å²) < 4.78 is 5.96. The Labute approximate surface area is 114 Å². The van der Waals surface area contributed by atoms with E-state index >= 15 is 0 Å². The number of hydrogen-bond donors (Lipinski definition) is 2. The first kappa shape index (κ1) is 12.7. The quantitative estimate of drug-likeness (QED) is 0.911. The molecule has 0 fully saturated rings. The molecule has 0 unspecified atom stereocenters. The Morgan fingerprint density at radius 1 is 1.33 bits per heavy atom. The number of pyridine rings is 1. The van der Waals surface area contributed by atoms with Gasteiger partial charge in [0.15, 0.2) is 0 Å². The second-order valence-electron chi connectivity index (χ2n) is 3.71. The van der Waals surface area contributed by atoms with Gasteiger partial charge in [-0.25, -0.2) is 4.98 Å². The molecule has 0 saturated carbocycles. The lowest BCUT2D eigenvalue weighted by Gasteiger charge is -2.08. The third-order valence-corrected chi connectivity index (χ3v) is 2.95. The minimum Gasteiger partial charge on any atom is -0.507 e. The molecule has 5 heteroatoms. The van der Waals surface area contributed by atoms with Gasteiger partial charge >= 0.3 is 0 Å². The Bertz CT molecular complexity index is 529. The standard InChI is InChI=1S/C13H13BrN2O2/c1-18-11-4-2-9(12(17)6-11)7-15-13-5-3-10(14)8-16-13/h2-6,8,17H,7H2,1H3,(H,15,16). The number of phenols is 1. The zero-order valence-corrected chi connectivity index (χ0v) is 11.4. The zero-order chi connectivity index (χ0) is 13.0. The van der Waals surface area contributed by atoms with Crippen LogP contribution in [-0.2, 0) is 6.54 Å². The summed E-state index contributed by atoms with van der Waals surface area (Å²) >= 11 is 3.32. The molecule has 0 aliphatic carbocycles. The summed E-state index contributed by atoms with van der Waals surface area (Å²) in [5.74, 6) is 1.60. The van der Waals surface area contributed by atoms with Crippen LogP contribution in [0, 0.1) is 0 Å². The number of nitrogens with zero attached hydrogens (tertiary/aromatic N) is 1. The van der Waals surface area contributed by atoms with E-state index in [1.54, 1.807) is 19.4 Å². The second-order valence-corrected chi connectivity index (χ2v) is 4.63. The summed E-state index contributed by atoms with van der Waals surface area (Å²) in [6.07, 6.45) is 1.72. The first-order valence-electron chi connectivity index (χ1n) is 5.40. The molecule has 18 heavy (non-hydrogen) atoms. The van der Waals surface area contributed by atoms with Crippen molar-refractivity contribution in [3.63, 3.8) is 0 Å². The molecule has 0 atom stereocenters. The maximum absolute atomic E-state index is 9.80. The zero-order valence-electron chi connectivity index (χ0n) is 9.85. The van der Waals surface area contributed by atoms with Crippen molar-refractivity contribution in [3.05, 3.63) is 46.6 Å². The van der Waals surface area contributed by atoms with Crippen molar-refractivity contribution >= 4 is 21.7 Å². The van der Waals surface area contributed by atoms with Crippen molar-refractivity contribution < 1.29 is 9.84 Å². The Balaban J connectivity index is 2.04. The van der Waals surface area contributed by atoms with Gasteiger partial charge < -0.3 is 15.2 Å². The van der Waals surface area contributed by atoms with Crippen LogP contribution in [0.3, 0.4) is 0 Å². The van der Waals surface area contributed by atoms with Crippen LogP contribution in [0.4, 0.5) is 5.82 Å². The molecule has 0 amide bonds. The van der Waals surface area contributed by atoms with E-state index < -0.39 is 0 Å². The Morgan fingerprint density at radius 3 is 2.78 bits per heavy atom. The maximum Gasteiger partial charge on any atom is 0.126 e. The molecule has 4 nitrogen and oxygen atoms in total. The number of ether oxygens (including phenoxy) is 1. The van der Waals surface area contributed by atoms with Crippen molar-refractivity contribution in [3.8, 4) is 11.5 Å². The third-order valence-electron chi connectivity index (χ3n) is 2.48. The van der Waals surface area contributed by atoms with Gasteiger partial charge in [0.1, 0.15) is 17.3 Å². The van der Waals surface area contributed by atoms with E-state index in [0.717, 1.165) is 15.9 Å². The molecular formula is C13H13BrN2O2. The number of aromatic hydroxyl groups is 1. The molecule has 94 valence electrons. The highest BCUT2D eigenvalue weighted by Crippen LogP contribution is 2.24. The minimum absolute atomic E-state index is 0.207. The van der Waals surface area contributed by atoms with Crippen molar-refractivity contribution in [1.82, 2.24) is 4.98 Å². The van der Waals surface area contributed by atoms with Gasteiger partial charge in [0, 0.05) is 28.8 Å². The monoisotopic (exact) mass is 308 g/mol. The summed E-state index contributed by atoms with van der Waals surface area (Å²) in [7, 11) is 1.57. The van der Waals surface area contributed by atoms with E-state index in [1.165, 1.54) is 0 Å². The van der Waals surface area contributed by atoms with Gasteiger partial charge in [-0.05, 0) is 40.2 Å². The van der Waals surface area contributed by atoms with E-state index in [9.17, 15) is 5.11 Å². The van der Waals surface area contributed by atoms with Crippen molar-refractivity contribution in [1.29, 1.82) is 0 Å². The average molecular weight is 309 g/mol. The SMILES string of the molecule is COc1ccc(CNc2ccc(Br)cn2)c(O)c1. The Hall–Kier alpha value is -1.75. The molecule has 0 aliphatic rings. The first-order valence-corrected chi connectivity index (χ1v) is 6.19. The molecule has 0 radical (unpaired) electrons. The van der Waals surface area contributed by atoms with Crippen LogP contribution < -0.4 is 10.1 Å². The summed E-state index contributed by atoms with van der Waals surface area (Å²) in [5, 5.41) is 12.9. The Kier molecular flexibility index (Phi) is 4.04. The summed E-state index contributed by atoms with van der Waals surface area (Å²) in [4.78, 5) is 4.19. The number of rotatable bonds is 4. The van der Waals surface area contributed by atoms with Gasteiger partial charge in [-0.15, -0.1) is 0 Å². The first-order chi connectivity index (χ1) is 8.69. The van der Waals surface area contributed by atoms with Crippen molar-refractivity contribution in [2.24, 2.45) is 0 Å². The smallest absolute Gasteiger partial charge is 0.126 e. The second kappa shape index (κ2) is 5.73. The van der Waals surface area contributed by atoms with E-state index in [2.05, 4.69) is 26.2 Å². The number of halogens is 1. The number of methoxy groups -OCH3 is 1. The summed E-state index contributed by atoms with van der Waals surface area (Å²) in [5.41, 5.74) is 0.792. The molecule has 0 bridgehead atoms. The summed E-state index contributed by atoms with van der Waals surface area (Å²) in [6.45, 7) is 0.504. The van der Waals surface area contributed by atoms with Gasteiger partial charge in [0.2, 0.25) is 0 Å². The van der Waals surface area contributed by atoms with Crippen LogP contribution in [0.2, 0.25) is 0 Å². The van der Waals surface area contributed by atoms with Crippen LogP contribution in [0.1, 0.15) is 5.56 Å². The van der Waals surface area contributed by atoms with Gasteiger partial charge in [-0.3, -0.25) is 0 Å². The minimum atomic E-state index is 0.207. The lowest BCUT2D eigenvalue weighted by atomic mass is 10.2. The molecule has 2 N–H and O–H groups in total. The van der Waals surface area contributed by atoms with Crippen molar-refractivity contribution in [2.45, 2.75) is 6.54 Å². The predicted octanol–water partition coefficient (Wildman–Crippen LogP) is 3.17. The molecule has 2 aromatic rings. The largest absolute Gasteiger partial charge is 0.507 e. The number of hydrogen-bond acceptors (Lipinski definition) is 4. The van der Waals surface area contributed by atoms with E-state index in [0.29, 0.717) is 12.3 Å². The fourth-order valence-electron chi connectivity index (χ4n) is 1.49. The fraction of sp³-hybridized carbons (Fsp3) is 0.154. The third kappa shape index (κ3) is 3.13. The molecular weight excluding hydrogens is 296 g/mol. The van der Waals surface area contributed by atoms with Crippen LogP contribution in [0.25, 0.3) is 0 Å². The van der Waals surface area contributed by atoms with Gasteiger partial charge in [-0.2, -0.15) is 0 Å². The van der Waals surface area contributed by atoms with Crippen LogP contribution in [0.15, 0.2) is 41.0 Å². The van der Waals surface area contributed by atoms with Crippen LogP contribution >= 0.6 is 15.9 Å². The number of phenolic OH excluding ortho intramolecular Hbond substituents is 1. The molecule has 1 aromatic carbocycles. The van der Waals surface area contributed by atoms with Crippen molar-refractivity contribution in [2.75, 3.05) is 12.4 Å². The number of anilines is 1. The fourth-order valence-corrected chi connectivity index (χ4v) is 1.72. The number of benzene rings is 1. The summed E-state index contributed by atoms with van der Waals surface area (Å²) in [6, 6.07) is 8.99. The van der Waals surface area contributed by atoms with Crippen LogP contribution in [-0.4, -0.2) is 17.2 Å². The lowest BCUT2D eigenvalue weighted by molar-refractivity contribution is 0.406. The highest BCUT2D eigenvalue weighted by Gasteiger charge is 2.03. The van der Waals surface area contributed by atoms with Gasteiger partial charge in [-0.1, -0.05) is 0 Å². The van der Waals surface area contributed by atoms with E-state index in [1.807, 2.05) is 24.3 Å². The normalized spacial score (nSPS) is 10.1. The molecule has 0 saturated heterocycles. The molecule has 1 aromatic heterocycles. The lowest BCUT2D eigenvalue weighted by Crippen LogP contribution is -2.01. The molecule has 1 heterocycles. The van der Waals surface area contributed by atoms with E-state index in [-0.39, 0.29) is 5.75 Å². The van der Waals surface area contributed by atoms with Gasteiger partial charge in [0.05, 0.1) is 7.11 Å². The molecule has 2 rings (SSSR count). The van der Waals surface area contributed by atoms with E-state index in [4.69, 9.17) is 4.74 Å². The Morgan fingerprint density at radius 2 is 2.17 bits per heavy atom. The topological polar surface area (TPSA) is 54.4 Å².